The molecule has 0 radical (unpaired) electrons. The molecular formula is C13H24N4O2. The molecule has 2 rings (SSSR count). The lowest BCUT2D eigenvalue weighted by Gasteiger charge is -2.38. The molecule has 0 aromatic heterocycles. The predicted molar refractivity (Wildman–Crippen MR) is 73.0 cm³/mol. The topological polar surface area (TPSA) is 82.2 Å². The summed E-state index contributed by atoms with van der Waals surface area (Å²) in [5, 5.41) is 11.5. The largest absolute Gasteiger partial charge is 0.409 e. The first-order chi connectivity index (χ1) is 9.13. The van der Waals surface area contributed by atoms with E-state index in [4.69, 9.17) is 10.9 Å². The van der Waals surface area contributed by atoms with Crippen molar-refractivity contribution >= 4 is 11.7 Å². The van der Waals surface area contributed by atoms with Gasteiger partial charge >= 0.3 is 0 Å². The summed E-state index contributed by atoms with van der Waals surface area (Å²) in [6.45, 7) is 5.07. The second-order valence-corrected chi connectivity index (χ2v) is 5.55. The van der Waals surface area contributed by atoms with E-state index in [-0.39, 0.29) is 11.7 Å². The second-order valence-electron chi connectivity index (χ2n) is 5.55. The first-order valence-corrected chi connectivity index (χ1v) is 7.13. The summed E-state index contributed by atoms with van der Waals surface area (Å²) in [6.07, 6.45) is 5.28. The van der Waals surface area contributed by atoms with Gasteiger partial charge in [-0.05, 0) is 19.8 Å². The molecule has 0 spiro atoms. The number of hydrogen-bond donors (Lipinski definition) is 2. The number of hydrogen-bond acceptors (Lipinski definition) is 4. The van der Waals surface area contributed by atoms with Gasteiger partial charge in [0.25, 0.3) is 0 Å². The van der Waals surface area contributed by atoms with E-state index in [1.165, 1.54) is 25.7 Å². The molecule has 3 N–H and O–H groups in total. The lowest BCUT2D eigenvalue weighted by atomic mass is 10.1. The van der Waals surface area contributed by atoms with Crippen LogP contribution in [0.25, 0.3) is 0 Å². The zero-order valence-corrected chi connectivity index (χ0v) is 11.6. The fourth-order valence-corrected chi connectivity index (χ4v) is 3.06. The summed E-state index contributed by atoms with van der Waals surface area (Å²) in [5.41, 5.74) is 5.49. The minimum absolute atomic E-state index is 0.0109. The van der Waals surface area contributed by atoms with E-state index in [2.05, 4.69) is 10.1 Å². The van der Waals surface area contributed by atoms with Crippen LogP contribution in [-0.2, 0) is 4.79 Å². The quantitative estimate of drug-likeness (QED) is 0.337. The number of carbonyl (C=O) groups excluding carboxylic acids is 1. The molecule has 0 bridgehead atoms. The van der Waals surface area contributed by atoms with Crippen molar-refractivity contribution in [2.45, 2.75) is 38.6 Å². The van der Waals surface area contributed by atoms with Crippen molar-refractivity contribution in [1.82, 2.24) is 9.80 Å². The van der Waals surface area contributed by atoms with E-state index in [9.17, 15) is 4.79 Å². The zero-order chi connectivity index (χ0) is 13.8. The normalized spacial score (nSPS) is 24.7. The van der Waals surface area contributed by atoms with Crippen LogP contribution in [0.2, 0.25) is 0 Å². The Morgan fingerprint density at radius 2 is 1.84 bits per heavy atom. The van der Waals surface area contributed by atoms with Crippen molar-refractivity contribution in [3.8, 4) is 0 Å². The van der Waals surface area contributed by atoms with Crippen LogP contribution < -0.4 is 5.73 Å². The molecule has 0 aromatic carbocycles. The average Bonchev–Trinajstić information content (AvgIpc) is 2.99. The SMILES string of the molecule is CC(C(=O)N1CCN(C2CCCC2)CC1)C(N)=NO. The number of rotatable bonds is 3. The Balaban J connectivity index is 1.83. The van der Waals surface area contributed by atoms with Gasteiger partial charge < -0.3 is 15.8 Å². The molecular weight excluding hydrogens is 244 g/mol. The van der Waals surface area contributed by atoms with Gasteiger partial charge in [0.1, 0.15) is 0 Å². The smallest absolute Gasteiger partial charge is 0.233 e. The number of nitrogens with two attached hydrogens (primary N) is 1. The third kappa shape index (κ3) is 3.18. The van der Waals surface area contributed by atoms with Gasteiger partial charge in [0.2, 0.25) is 5.91 Å². The first-order valence-electron chi connectivity index (χ1n) is 7.13. The highest BCUT2D eigenvalue weighted by atomic mass is 16.4. The van der Waals surface area contributed by atoms with Gasteiger partial charge in [-0.25, -0.2) is 0 Å². The van der Waals surface area contributed by atoms with Crippen LogP contribution in [-0.4, -0.2) is 59.0 Å². The zero-order valence-electron chi connectivity index (χ0n) is 11.6. The van der Waals surface area contributed by atoms with Gasteiger partial charge in [0.15, 0.2) is 5.84 Å². The van der Waals surface area contributed by atoms with E-state index in [1.807, 2.05) is 4.90 Å². The van der Waals surface area contributed by atoms with Gasteiger partial charge in [0.05, 0.1) is 5.92 Å². The number of amides is 1. The maximum Gasteiger partial charge on any atom is 0.233 e. The van der Waals surface area contributed by atoms with Crippen LogP contribution in [0, 0.1) is 5.92 Å². The molecule has 1 saturated carbocycles. The van der Waals surface area contributed by atoms with Gasteiger partial charge in [-0.3, -0.25) is 9.69 Å². The molecule has 19 heavy (non-hydrogen) atoms. The van der Waals surface area contributed by atoms with Crippen LogP contribution in [0.3, 0.4) is 0 Å². The van der Waals surface area contributed by atoms with E-state index >= 15 is 0 Å². The van der Waals surface area contributed by atoms with Crippen molar-refractivity contribution in [2.24, 2.45) is 16.8 Å². The standard InChI is InChI=1S/C13H24N4O2/c1-10(12(14)15-19)13(18)17-8-6-16(7-9-17)11-4-2-3-5-11/h10-11,19H,2-9H2,1H3,(H2,14,15). The second kappa shape index (κ2) is 6.23. The molecule has 6 nitrogen and oxygen atoms in total. The highest BCUT2D eigenvalue weighted by Gasteiger charge is 2.30. The molecule has 1 atom stereocenters. The van der Waals surface area contributed by atoms with Crippen molar-refractivity contribution in [3.63, 3.8) is 0 Å². The monoisotopic (exact) mass is 268 g/mol. The molecule has 0 aromatic rings. The molecule has 1 saturated heterocycles. The van der Waals surface area contributed by atoms with Crippen molar-refractivity contribution < 1.29 is 10.0 Å². The molecule has 1 heterocycles. The van der Waals surface area contributed by atoms with E-state index < -0.39 is 5.92 Å². The summed E-state index contributed by atoms with van der Waals surface area (Å²) >= 11 is 0. The molecule has 6 heteroatoms. The summed E-state index contributed by atoms with van der Waals surface area (Å²) in [7, 11) is 0. The molecule has 1 aliphatic heterocycles. The number of oxime groups is 1. The van der Waals surface area contributed by atoms with Gasteiger partial charge in [-0.2, -0.15) is 0 Å². The van der Waals surface area contributed by atoms with Gasteiger partial charge in [-0.1, -0.05) is 18.0 Å². The third-order valence-electron chi connectivity index (χ3n) is 4.40. The van der Waals surface area contributed by atoms with Crippen LogP contribution in [0.1, 0.15) is 32.6 Å². The predicted octanol–water partition coefficient (Wildman–Crippen LogP) is 0.456. The fraction of sp³-hybridized carbons (Fsp3) is 0.846. The summed E-state index contributed by atoms with van der Waals surface area (Å²) < 4.78 is 0. The van der Waals surface area contributed by atoms with E-state index in [1.54, 1.807) is 6.92 Å². The number of amidine groups is 1. The van der Waals surface area contributed by atoms with Crippen molar-refractivity contribution in [2.75, 3.05) is 26.2 Å². The number of carbonyl (C=O) groups is 1. The van der Waals surface area contributed by atoms with E-state index in [0.717, 1.165) is 32.2 Å². The maximum atomic E-state index is 12.2. The number of nitrogens with zero attached hydrogens (tertiary/aromatic N) is 3. The molecule has 1 amide bonds. The Kier molecular flexibility index (Phi) is 4.63. The van der Waals surface area contributed by atoms with Crippen LogP contribution in [0.4, 0.5) is 0 Å². The lowest BCUT2D eigenvalue weighted by Crippen LogP contribution is -2.53. The summed E-state index contributed by atoms with van der Waals surface area (Å²) in [4.78, 5) is 16.5. The summed E-state index contributed by atoms with van der Waals surface area (Å²) in [5.74, 6) is -0.590. The third-order valence-corrected chi connectivity index (χ3v) is 4.40. The first kappa shape index (κ1) is 14.1. The maximum absolute atomic E-state index is 12.2. The molecule has 2 fully saturated rings. The minimum Gasteiger partial charge on any atom is -0.409 e. The minimum atomic E-state index is -0.539. The van der Waals surface area contributed by atoms with Gasteiger partial charge in [-0.15, -0.1) is 0 Å². The Morgan fingerprint density at radius 1 is 1.26 bits per heavy atom. The lowest BCUT2D eigenvalue weighted by molar-refractivity contribution is -0.135. The fourth-order valence-electron chi connectivity index (χ4n) is 3.06. The molecule has 1 aliphatic carbocycles. The van der Waals surface area contributed by atoms with Crippen molar-refractivity contribution in [1.29, 1.82) is 0 Å². The Hall–Kier alpha value is -1.30. The molecule has 2 aliphatic rings. The molecule has 1 unspecified atom stereocenters. The van der Waals surface area contributed by atoms with E-state index in [0.29, 0.717) is 0 Å². The van der Waals surface area contributed by atoms with Crippen LogP contribution in [0.5, 0.6) is 0 Å². The van der Waals surface area contributed by atoms with Gasteiger partial charge in [0, 0.05) is 32.2 Å². The summed E-state index contributed by atoms with van der Waals surface area (Å²) in [6, 6.07) is 0.721. The number of piperazine rings is 1. The Morgan fingerprint density at radius 3 is 2.37 bits per heavy atom. The van der Waals surface area contributed by atoms with Crippen LogP contribution in [0.15, 0.2) is 5.16 Å². The Bertz CT molecular complexity index is 345. The highest BCUT2D eigenvalue weighted by molar-refractivity contribution is 6.01. The van der Waals surface area contributed by atoms with Crippen LogP contribution >= 0.6 is 0 Å². The average molecular weight is 268 g/mol. The highest BCUT2D eigenvalue weighted by Crippen LogP contribution is 2.24. The van der Waals surface area contributed by atoms with Crippen molar-refractivity contribution in [3.05, 3.63) is 0 Å². The Labute approximate surface area is 114 Å². The molecule has 108 valence electrons.